The van der Waals surface area contributed by atoms with Gasteiger partial charge in [-0.3, -0.25) is 14.2 Å². The van der Waals surface area contributed by atoms with E-state index in [1.165, 1.54) is 10.7 Å². The number of nitrogens with two attached hydrogens (primary N) is 1. The van der Waals surface area contributed by atoms with E-state index in [1.807, 2.05) is 25.5 Å². The number of anilines is 1. The average Bonchev–Trinajstić information content (AvgIpc) is 3.34. The maximum Gasteiger partial charge on any atom is 0.266 e. The standard InChI is InChI=1S/C21H24N8O2/c1-27-12-13(10-24-27)21-16-11-23-18(22)9-17(16)29(26-21)14-3-5-15(6-4-14)31-19-7-8-20(30)28(2)25-19/h7-12,14-15H,3-6H2,1-2H3,(H2,22,23)/t14-,15+. The number of pyridine rings is 1. The van der Waals surface area contributed by atoms with E-state index in [4.69, 9.17) is 15.6 Å². The maximum absolute atomic E-state index is 11.5. The minimum absolute atomic E-state index is 0.0626. The van der Waals surface area contributed by atoms with E-state index < -0.39 is 0 Å². The van der Waals surface area contributed by atoms with Crippen molar-refractivity contribution in [1.82, 2.24) is 34.3 Å². The first-order valence-corrected chi connectivity index (χ1v) is 10.3. The highest BCUT2D eigenvalue weighted by Crippen LogP contribution is 2.36. The first kappa shape index (κ1) is 19.3. The van der Waals surface area contributed by atoms with Crippen molar-refractivity contribution in [2.75, 3.05) is 5.73 Å². The number of aromatic nitrogens is 7. The van der Waals surface area contributed by atoms with Crippen LogP contribution in [-0.4, -0.2) is 40.4 Å². The zero-order valence-corrected chi connectivity index (χ0v) is 17.5. The molecule has 10 heteroatoms. The van der Waals surface area contributed by atoms with E-state index in [9.17, 15) is 4.79 Å². The van der Waals surface area contributed by atoms with Crippen molar-refractivity contribution in [2.45, 2.75) is 37.8 Å². The summed E-state index contributed by atoms with van der Waals surface area (Å²) in [5.41, 5.74) is 8.63. The van der Waals surface area contributed by atoms with Gasteiger partial charge in [0.25, 0.3) is 5.56 Å². The largest absolute Gasteiger partial charge is 0.473 e. The van der Waals surface area contributed by atoms with Crippen LogP contribution in [0.4, 0.5) is 5.82 Å². The smallest absolute Gasteiger partial charge is 0.266 e. The van der Waals surface area contributed by atoms with Crippen molar-refractivity contribution < 1.29 is 4.74 Å². The molecule has 0 aliphatic heterocycles. The van der Waals surface area contributed by atoms with Crippen LogP contribution >= 0.6 is 0 Å². The molecule has 1 aliphatic carbocycles. The highest BCUT2D eigenvalue weighted by molar-refractivity contribution is 5.93. The van der Waals surface area contributed by atoms with Crippen LogP contribution in [0, 0.1) is 0 Å². The number of hydrogen-bond acceptors (Lipinski definition) is 7. The molecule has 160 valence electrons. The summed E-state index contributed by atoms with van der Waals surface area (Å²) in [6.07, 6.45) is 9.20. The molecule has 1 aliphatic rings. The van der Waals surface area contributed by atoms with Gasteiger partial charge in [0.2, 0.25) is 5.88 Å². The van der Waals surface area contributed by atoms with Crippen molar-refractivity contribution >= 4 is 16.7 Å². The van der Waals surface area contributed by atoms with Crippen LogP contribution < -0.4 is 16.0 Å². The summed E-state index contributed by atoms with van der Waals surface area (Å²) < 4.78 is 11.1. The van der Waals surface area contributed by atoms with Gasteiger partial charge < -0.3 is 10.5 Å². The Morgan fingerprint density at radius 2 is 1.90 bits per heavy atom. The number of fused-ring (bicyclic) bond motifs is 1. The van der Waals surface area contributed by atoms with Gasteiger partial charge in [0, 0.05) is 55.6 Å². The molecule has 0 bridgehead atoms. The minimum Gasteiger partial charge on any atom is -0.473 e. The Morgan fingerprint density at radius 1 is 1.10 bits per heavy atom. The second kappa shape index (κ2) is 7.53. The fourth-order valence-electron chi connectivity index (χ4n) is 4.21. The Hall–Kier alpha value is -3.69. The molecule has 4 aromatic rings. The van der Waals surface area contributed by atoms with Crippen molar-refractivity contribution in [1.29, 1.82) is 0 Å². The summed E-state index contributed by atoms with van der Waals surface area (Å²) in [5.74, 6) is 0.956. The van der Waals surface area contributed by atoms with Gasteiger partial charge in [-0.25, -0.2) is 9.67 Å². The molecule has 4 aromatic heterocycles. The predicted molar refractivity (Wildman–Crippen MR) is 116 cm³/mol. The minimum atomic E-state index is -0.153. The molecule has 1 fully saturated rings. The first-order valence-electron chi connectivity index (χ1n) is 10.3. The molecular weight excluding hydrogens is 396 g/mol. The van der Waals surface area contributed by atoms with Gasteiger partial charge in [-0.15, -0.1) is 5.10 Å². The predicted octanol–water partition coefficient (Wildman–Crippen LogP) is 2.07. The summed E-state index contributed by atoms with van der Waals surface area (Å²) in [6.45, 7) is 0. The third kappa shape index (κ3) is 3.65. The number of rotatable bonds is 4. The molecule has 31 heavy (non-hydrogen) atoms. The summed E-state index contributed by atoms with van der Waals surface area (Å²) in [4.78, 5) is 15.8. The number of aryl methyl sites for hydroxylation is 2. The van der Waals surface area contributed by atoms with E-state index >= 15 is 0 Å². The van der Waals surface area contributed by atoms with E-state index in [1.54, 1.807) is 24.0 Å². The molecule has 0 saturated heterocycles. The molecular formula is C21H24N8O2. The normalized spacial score (nSPS) is 19.0. The molecule has 4 heterocycles. The number of nitrogen functional groups attached to an aromatic ring is 1. The Labute approximate surface area is 178 Å². The number of nitrogens with zero attached hydrogens (tertiary/aromatic N) is 7. The lowest BCUT2D eigenvalue weighted by Crippen LogP contribution is -2.27. The van der Waals surface area contributed by atoms with Crippen molar-refractivity contribution in [2.24, 2.45) is 14.1 Å². The third-order valence-corrected chi connectivity index (χ3v) is 5.80. The van der Waals surface area contributed by atoms with Crippen LogP contribution in [0.1, 0.15) is 31.7 Å². The lowest BCUT2D eigenvalue weighted by Gasteiger charge is -2.29. The molecule has 0 unspecified atom stereocenters. The first-order chi connectivity index (χ1) is 15.0. The van der Waals surface area contributed by atoms with Crippen molar-refractivity contribution in [3.05, 3.63) is 47.1 Å². The Bertz CT molecular complexity index is 1300. The average molecular weight is 420 g/mol. The maximum atomic E-state index is 11.5. The topological polar surface area (TPSA) is 119 Å². The van der Waals surface area contributed by atoms with Gasteiger partial charge in [0.1, 0.15) is 17.6 Å². The van der Waals surface area contributed by atoms with Crippen LogP contribution in [0.3, 0.4) is 0 Å². The quantitative estimate of drug-likeness (QED) is 0.537. The Morgan fingerprint density at radius 3 is 2.61 bits per heavy atom. The molecule has 0 radical (unpaired) electrons. The van der Waals surface area contributed by atoms with Gasteiger partial charge in [-0.1, -0.05) is 0 Å². The second-order valence-corrected chi connectivity index (χ2v) is 8.00. The van der Waals surface area contributed by atoms with Crippen LogP contribution in [-0.2, 0) is 14.1 Å². The van der Waals surface area contributed by atoms with Crippen LogP contribution in [0.2, 0.25) is 0 Å². The molecule has 2 N–H and O–H groups in total. The summed E-state index contributed by atoms with van der Waals surface area (Å²) in [5, 5.41) is 14.4. The van der Waals surface area contributed by atoms with E-state index in [2.05, 4.69) is 19.9 Å². The molecule has 0 spiro atoms. The van der Waals surface area contributed by atoms with Crippen LogP contribution in [0.15, 0.2) is 41.6 Å². The van der Waals surface area contributed by atoms with Crippen LogP contribution in [0.25, 0.3) is 22.2 Å². The summed E-state index contributed by atoms with van der Waals surface area (Å²) in [6, 6.07) is 5.23. The number of ether oxygens (including phenoxy) is 1. The monoisotopic (exact) mass is 420 g/mol. The molecule has 1 saturated carbocycles. The van der Waals surface area contributed by atoms with Gasteiger partial charge in [0.05, 0.1) is 17.8 Å². The third-order valence-electron chi connectivity index (χ3n) is 5.80. The van der Waals surface area contributed by atoms with E-state index in [0.29, 0.717) is 11.7 Å². The van der Waals surface area contributed by atoms with Gasteiger partial charge >= 0.3 is 0 Å². The van der Waals surface area contributed by atoms with Crippen molar-refractivity contribution in [3.63, 3.8) is 0 Å². The summed E-state index contributed by atoms with van der Waals surface area (Å²) in [7, 11) is 3.51. The van der Waals surface area contributed by atoms with Crippen LogP contribution in [0.5, 0.6) is 5.88 Å². The van der Waals surface area contributed by atoms with E-state index in [0.717, 1.165) is 47.8 Å². The molecule has 0 aromatic carbocycles. The SMILES string of the molecule is Cn1cc(-c2nn([C@H]3CC[C@@H](Oc4ccc(=O)n(C)n4)CC3)c3cc(N)ncc23)cn1. The zero-order chi connectivity index (χ0) is 21.5. The highest BCUT2D eigenvalue weighted by atomic mass is 16.5. The number of hydrogen-bond donors (Lipinski definition) is 1. The molecule has 10 nitrogen and oxygen atoms in total. The van der Waals surface area contributed by atoms with E-state index in [-0.39, 0.29) is 17.7 Å². The van der Waals surface area contributed by atoms with Gasteiger partial charge in [-0.2, -0.15) is 10.2 Å². The molecule has 0 atom stereocenters. The Balaban J connectivity index is 1.38. The highest BCUT2D eigenvalue weighted by Gasteiger charge is 2.27. The summed E-state index contributed by atoms with van der Waals surface area (Å²) >= 11 is 0. The Kier molecular flexibility index (Phi) is 4.68. The van der Waals surface area contributed by atoms with Gasteiger partial charge in [0.15, 0.2) is 0 Å². The zero-order valence-electron chi connectivity index (χ0n) is 17.5. The lowest BCUT2D eigenvalue weighted by molar-refractivity contribution is 0.123. The molecule has 5 rings (SSSR count). The van der Waals surface area contributed by atoms with Crippen molar-refractivity contribution in [3.8, 4) is 17.1 Å². The van der Waals surface area contributed by atoms with Gasteiger partial charge in [-0.05, 0) is 25.7 Å². The lowest BCUT2D eigenvalue weighted by atomic mass is 9.93. The second-order valence-electron chi connectivity index (χ2n) is 8.00. The fourth-order valence-corrected chi connectivity index (χ4v) is 4.21. The fraction of sp³-hybridized carbons (Fsp3) is 0.381. The molecule has 0 amide bonds.